The zero-order chi connectivity index (χ0) is 19.8. The number of nitrogens with zero attached hydrogens (tertiary/aromatic N) is 2. The lowest BCUT2D eigenvalue weighted by Gasteiger charge is -2.00. The number of methoxy groups -OCH3 is 1. The van der Waals surface area contributed by atoms with Crippen LogP contribution in [0.5, 0.6) is 5.75 Å². The molecule has 2 rings (SSSR count). The number of ether oxygens (including phenoxy) is 1. The first-order valence-electron chi connectivity index (χ1n) is 8.54. The molecule has 0 spiro atoms. The zero-order valence-corrected chi connectivity index (χ0v) is 16.8. The maximum absolute atomic E-state index is 8.63. The molecule has 0 fully saturated rings. The molecule has 0 atom stereocenters. The highest BCUT2D eigenvalue weighted by Gasteiger charge is 1.97. The molecule has 3 heteroatoms. The fourth-order valence-corrected chi connectivity index (χ4v) is 1.70. The van der Waals surface area contributed by atoms with Crippen LogP contribution in [-0.2, 0) is 0 Å². The Bertz CT molecular complexity index is 707. The summed E-state index contributed by atoms with van der Waals surface area (Å²) in [7, 11) is 1.59. The predicted molar refractivity (Wildman–Crippen MR) is 106 cm³/mol. The average Bonchev–Trinajstić information content (AvgIpc) is 2.68. The van der Waals surface area contributed by atoms with Crippen LogP contribution < -0.4 is 4.74 Å². The highest BCUT2D eigenvalue weighted by Crippen LogP contribution is 2.15. The minimum atomic E-state index is 0.671. The molecule has 0 bridgehead atoms. The third-order valence-corrected chi connectivity index (χ3v) is 3.08. The second-order valence-corrected chi connectivity index (χ2v) is 4.72. The topological polar surface area (TPSA) is 56.8 Å². The van der Waals surface area contributed by atoms with Crippen molar-refractivity contribution in [2.24, 2.45) is 0 Å². The molecule has 0 saturated carbocycles. The van der Waals surface area contributed by atoms with Gasteiger partial charge in [0.05, 0.1) is 30.4 Å². The molecule has 0 aromatic heterocycles. The highest BCUT2D eigenvalue weighted by molar-refractivity contribution is 5.42. The van der Waals surface area contributed by atoms with Gasteiger partial charge in [0, 0.05) is 0 Å². The monoisotopic (exact) mass is 338 g/mol. The zero-order valence-electron chi connectivity index (χ0n) is 16.8. The smallest absolute Gasteiger partial charge is 0.120 e. The van der Waals surface area contributed by atoms with Crippen molar-refractivity contribution in [3.05, 3.63) is 64.2 Å². The Kier molecular flexibility index (Phi) is 14.5. The van der Waals surface area contributed by atoms with Crippen molar-refractivity contribution in [1.82, 2.24) is 0 Å². The summed E-state index contributed by atoms with van der Waals surface area (Å²) in [6, 6.07) is 15.5. The van der Waals surface area contributed by atoms with Gasteiger partial charge >= 0.3 is 0 Å². The first-order chi connectivity index (χ1) is 12.0. The Labute approximate surface area is 153 Å². The largest absolute Gasteiger partial charge is 0.497 e. The maximum atomic E-state index is 8.63. The molecular formula is C22H30N2O. The highest BCUT2D eigenvalue weighted by atomic mass is 16.5. The molecule has 2 aromatic carbocycles. The van der Waals surface area contributed by atoms with Gasteiger partial charge in [-0.05, 0) is 55.7 Å². The first-order valence-corrected chi connectivity index (χ1v) is 8.54. The predicted octanol–water partition coefficient (Wildman–Crippen LogP) is 6.10. The summed E-state index contributed by atoms with van der Waals surface area (Å²) in [5.74, 6) is 0.729. The Hall–Kier alpha value is -2.78. The van der Waals surface area contributed by atoms with Crippen molar-refractivity contribution < 1.29 is 4.74 Å². The molecule has 0 N–H and O–H groups in total. The van der Waals surface area contributed by atoms with Gasteiger partial charge in [0.1, 0.15) is 5.75 Å². The SMILES string of the molecule is CC.CC.COc1ccc(C)c(C#N)c1.Cc1ccc(C)c(C#N)c1. The Morgan fingerprint density at radius 1 is 0.720 bits per heavy atom. The van der Waals surface area contributed by atoms with Crippen molar-refractivity contribution in [2.75, 3.05) is 7.11 Å². The number of nitriles is 2. The molecule has 0 aliphatic carbocycles. The van der Waals surface area contributed by atoms with E-state index in [1.54, 1.807) is 13.2 Å². The molecule has 134 valence electrons. The van der Waals surface area contributed by atoms with E-state index < -0.39 is 0 Å². The Morgan fingerprint density at radius 2 is 1.16 bits per heavy atom. The lowest BCUT2D eigenvalue weighted by molar-refractivity contribution is 0.414. The van der Waals surface area contributed by atoms with Crippen molar-refractivity contribution in [1.29, 1.82) is 10.5 Å². The maximum Gasteiger partial charge on any atom is 0.120 e. The molecule has 0 amide bonds. The van der Waals surface area contributed by atoms with Crippen LogP contribution in [0.1, 0.15) is 55.5 Å². The van der Waals surface area contributed by atoms with Gasteiger partial charge in [-0.2, -0.15) is 10.5 Å². The van der Waals surface area contributed by atoms with Crippen LogP contribution >= 0.6 is 0 Å². The molecule has 25 heavy (non-hydrogen) atoms. The summed E-state index contributed by atoms with van der Waals surface area (Å²) in [6.45, 7) is 13.8. The van der Waals surface area contributed by atoms with E-state index in [4.69, 9.17) is 15.3 Å². The summed E-state index contributed by atoms with van der Waals surface area (Å²) in [4.78, 5) is 0. The molecule has 0 unspecified atom stereocenters. The van der Waals surface area contributed by atoms with Crippen LogP contribution in [0.15, 0.2) is 36.4 Å². The lowest BCUT2D eigenvalue weighted by Crippen LogP contribution is -1.86. The second kappa shape index (κ2) is 14.8. The van der Waals surface area contributed by atoms with Crippen LogP contribution in [0, 0.1) is 43.4 Å². The fourth-order valence-electron chi connectivity index (χ4n) is 1.70. The summed E-state index contributed by atoms with van der Waals surface area (Å²) < 4.78 is 4.96. The average molecular weight is 338 g/mol. The Balaban J connectivity index is 0. The normalized spacial score (nSPS) is 7.92. The standard InChI is InChI=1S/C9H9NO.C9H9N.2C2H6/c1-7-3-4-9(11-2)5-8(7)6-10;1-7-3-4-8(2)9(5-7)6-10;2*1-2/h3-5H,1-2H3;3-5H,1-2H3;2*1-2H3. The van der Waals surface area contributed by atoms with Crippen LogP contribution in [-0.4, -0.2) is 7.11 Å². The molecule has 0 radical (unpaired) electrons. The summed E-state index contributed by atoms with van der Waals surface area (Å²) in [5.41, 5.74) is 4.62. The molecule has 3 nitrogen and oxygen atoms in total. The van der Waals surface area contributed by atoms with E-state index in [0.29, 0.717) is 5.56 Å². The molecule has 0 aliphatic rings. The van der Waals surface area contributed by atoms with Gasteiger partial charge in [-0.1, -0.05) is 45.9 Å². The van der Waals surface area contributed by atoms with E-state index in [2.05, 4.69) is 12.1 Å². The van der Waals surface area contributed by atoms with Gasteiger partial charge in [-0.15, -0.1) is 0 Å². The number of hydrogen-bond donors (Lipinski definition) is 0. The van der Waals surface area contributed by atoms with Crippen LogP contribution in [0.3, 0.4) is 0 Å². The number of benzene rings is 2. The number of aryl methyl sites for hydroxylation is 3. The summed E-state index contributed by atoms with van der Waals surface area (Å²) >= 11 is 0. The summed E-state index contributed by atoms with van der Waals surface area (Å²) in [5, 5.41) is 17.2. The number of hydrogen-bond acceptors (Lipinski definition) is 3. The third kappa shape index (κ3) is 9.18. The fraction of sp³-hybridized carbons (Fsp3) is 0.364. The first kappa shape index (κ1) is 24.5. The lowest BCUT2D eigenvalue weighted by atomic mass is 10.1. The van der Waals surface area contributed by atoms with Gasteiger partial charge in [0.25, 0.3) is 0 Å². The van der Waals surface area contributed by atoms with Crippen molar-refractivity contribution in [3.63, 3.8) is 0 Å². The van der Waals surface area contributed by atoms with E-state index in [-0.39, 0.29) is 0 Å². The van der Waals surface area contributed by atoms with Gasteiger partial charge in [-0.3, -0.25) is 0 Å². The second-order valence-electron chi connectivity index (χ2n) is 4.72. The van der Waals surface area contributed by atoms with E-state index in [1.165, 1.54) is 0 Å². The number of rotatable bonds is 1. The molecular weight excluding hydrogens is 308 g/mol. The minimum Gasteiger partial charge on any atom is -0.497 e. The van der Waals surface area contributed by atoms with E-state index in [1.807, 2.05) is 78.8 Å². The van der Waals surface area contributed by atoms with Gasteiger partial charge in [-0.25, -0.2) is 0 Å². The quantitative estimate of drug-likeness (QED) is 0.631. The van der Waals surface area contributed by atoms with Crippen LogP contribution in [0.4, 0.5) is 0 Å². The van der Waals surface area contributed by atoms with Gasteiger partial charge in [0.15, 0.2) is 0 Å². The van der Waals surface area contributed by atoms with Gasteiger partial charge < -0.3 is 4.74 Å². The van der Waals surface area contributed by atoms with Crippen LogP contribution in [0.25, 0.3) is 0 Å². The van der Waals surface area contributed by atoms with Gasteiger partial charge in [0.2, 0.25) is 0 Å². The molecule has 0 saturated heterocycles. The third-order valence-electron chi connectivity index (χ3n) is 3.08. The molecule has 0 heterocycles. The van der Waals surface area contributed by atoms with E-state index in [9.17, 15) is 0 Å². The molecule has 0 aliphatic heterocycles. The van der Waals surface area contributed by atoms with Crippen molar-refractivity contribution in [2.45, 2.75) is 48.5 Å². The summed E-state index contributed by atoms with van der Waals surface area (Å²) in [6.07, 6.45) is 0. The molecule has 2 aromatic rings. The van der Waals surface area contributed by atoms with Crippen LogP contribution in [0.2, 0.25) is 0 Å². The minimum absolute atomic E-state index is 0.671. The van der Waals surface area contributed by atoms with E-state index >= 15 is 0 Å². The van der Waals surface area contributed by atoms with Crippen molar-refractivity contribution in [3.8, 4) is 17.9 Å². The van der Waals surface area contributed by atoms with Crippen molar-refractivity contribution >= 4 is 0 Å². The Morgan fingerprint density at radius 3 is 1.56 bits per heavy atom. The van der Waals surface area contributed by atoms with E-state index in [0.717, 1.165) is 28.0 Å².